The van der Waals surface area contributed by atoms with E-state index in [1.165, 1.54) is 44.6 Å². The van der Waals surface area contributed by atoms with Crippen LogP contribution in [0.5, 0.6) is 23.0 Å². The molecule has 0 aliphatic heterocycles. The molecular weight excluding hydrogens is 1080 g/mol. The molecule has 0 heterocycles. The van der Waals surface area contributed by atoms with E-state index in [2.05, 4.69) is 73.4 Å². The maximum Gasteiger partial charge on any atom is 0.255 e. The molecular formula is C70H112N6O10. The van der Waals surface area contributed by atoms with Gasteiger partial charge in [0.05, 0.1) is 61.8 Å². The van der Waals surface area contributed by atoms with Crippen LogP contribution in [0.1, 0.15) is 288 Å². The maximum absolute atomic E-state index is 14.3. The number of ether oxygens (including phenoxy) is 4. The Morgan fingerprint density at radius 3 is 0.884 bits per heavy atom. The number of benzene rings is 3. The number of anilines is 2. The van der Waals surface area contributed by atoms with Crippen molar-refractivity contribution in [2.75, 3.05) is 63.2 Å². The zero-order valence-electron chi connectivity index (χ0n) is 54.0. The second-order valence-corrected chi connectivity index (χ2v) is 22.8. The van der Waals surface area contributed by atoms with Crippen molar-refractivity contribution in [3.8, 4) is 23.0 Å². The van der Waals surface area contributed by atoms with E-state index in [-0.39, 0.29) is 34.4 Å². The van der Waals surface area contributed by atoms with E-state index in [9.17, 15) is 28.8 Å². The monoisotopic (exact) mass is 1200 g/mol. The van der Waals surface area contributed by atoms with Crippen molar-refractivity contribution in [1.29, 1.82) is 0 Å². The van der Waals surface area contributed by atoms with Crippen LogP contribution in [0.3, 0.4) is 0 Å². The fourth-order valence-electron chi connectivity index (χ4n) is 9.85. The van der Waals surface area contributed by atoms with Gasteiger partial charge in [0, 0.05) is 30.5 Å². The summed E-state index contributed by atoms with van der Waals surface area (Å²) in [6.45, 7) is 14.7. The first-order valence-electron chi connectivity index (χ1n) is 33.7. The largest absolute Gasteiger partial charge is 0.493 e. The number of hydrogen-bond donors (Lipinski definition) is 6. The van der Waals surface area contributed by atoms with Gasteiger partial charge in [-0.15, -0.1) is 0 Å². The van der Waals surface area contributed by atoms with Gasteiger partial charge >= 0.3 is 0 Å². The van der Waals surface area contributed by atoms with Gasteiger partial charge in [-0.2, -0.15) is 0 Å². The molecule has 0 saturated heterocycles. The number of unbranched alkanes of at least 4 members (excludes halogenated alkanes) is 26. The van der Waals surface area contributed by atoms with Crippen molar-refractivity contribution < 1.29 is 47.7 Å². The molecule has 16 heteroatoms. The number of hydrogen-bond acceptors (Lipinski definition) is 10. The molecule has 3 rings (SSSR count). The maximum atomic E-state index is 14.3. The molecule has 0 radical (unpaired) electrons. The lowest BCUT2D eigenvalue weighted by Gasteiger charge is -2.18. The predicted octanol–water partition coefficient (Wildman–Crippen LogP) is 16.0. The second kappa shape index (κ2) is 47.8. The summed E-state index contributed by atoms with van der Waals surface area (Å²) in [6.07, 6.45) is 33.5. The molecule has 0 saturated carbocycles. The summed E-state index contributed by atoms with van der Waals surface area (Å²) in [7, 11) is 0. The summed E-state index contributed by atoms with van der Waals surface area (Å²) in [4.78, 5) is 83.1. The Labute approximate surface area is 517 Å². The Kier molecular flexibility index (Phi) is 41.1. The smallest absolute Gasteiger partial charge is 0.255 e. The van der Waals surface area contributed by atoms with Gasteiger partial charge in [0.2, 0.25) is 11.8 Å². The van der Waals surface area contributed by atoms with Crippen LogP contribution < -0.4 is 50.8 Å². The van der Waals surface area contributed by atoms with Crippen LogP contribution in [-0.4, -0.2) is 88.0 Å². The molecule has 0 aliphatic rings. The van der Waals surface area contributed by atoms with E-state index in [4.69, 9.17) is 18.9 Å². The molecule has 0 bridgehead atoms. The standard InChI is InChI=1S/C70H112N6O10/c1-7-13-19-25-29-35-45-83-61-41-39-55(49-57(61)67(79)71-43-33-23-17-11-5)75-65(77)53-73-69(81)59-51-60(64(86-48-38-32-28-22-16-10-4)52-63(59)85-47-37-31-27-21-15-9-3)70(82)74-54-66(78)76-56-40-42-62(84-46-36-30-26-20-14-8-2)58(50-56)68(80)72-44-34-24-18-12-6/h39-42,49-52H,7-38,43-48,53-54H2,1-6H3,(H,71,79)(H,72,80)(H,73,81)(H,74,82)(H,75,77)(H,76,78). The minimum absolute atomic E-state index is 0.00466. The molecule has 3 aromatic carbocycles. The van der Waals surface area contributed by atoms with Crippen molar-refractivity contribution in [2.24, 2.45) is 0 Å². The number of carbonyl (C=O) groups excluding carboxylic acids is 6. The molecule has 0 atom stereocenters. The number of carbonyl (C=O) groups is 6. The highest BCUT2D eigenvalue weighted by Gasteiger charge is 2.24. The van der Waals surface area contributed by atoms with Gasteiger partial charge in [-0.05, 0) is 81.0 Å². The van der Waals surface area contributed by atoms with E-state index in [0.717, 1.165) is 167 Å². The van der Waals surface area contributed by atoms with Gasteiger partial charge in [-0.25, -0.2) is 0 Å². The summed E-state index contributed by atoms with van der Waals surface area (Å²) in [5, 5.41) is 17.1. The van der Waals surface area contributed by atoms with Gasteiger partial charge in [0.15, 0.2) is 0 Å². The van der Waals surface area contributed by atoms with Crippen LogP contribution in [0.15, 0.2) is 48.5 Å². The third-order valence-corrected chi connectivity index (χ3v) is 15.1. The Balaban J connectivity index is 1.89. The molecule has 0 unspecified atom stereocenters. The summed E-state index contributed by atoms with van der Waals surface area (Å²) in [5.41, 5.74) is 1.34. The summed E-state index contributed by atoms with van der Waals surface area (Å²) in [5.74, 6) is -1.80. The average Bonchev–Trinajstić information content (AvgIpc) is 2.73. The van der Waals surface area contributed by atoms with Crippen LogP contribution in [0.25, 0.3) is 0 Å². The minimum atomic E-state index is -0.672. The lowest BCUT2D eigenvalue weighted by atomic mass is 10.1. The number of rotatable bonds is 52. The van der Waals surface area contributed by atoms with Crippen LogP contribution >= 0.6 is 0 Å². The topological polar surface area (TPSA) is 212 Å². The molecule has 3 aromatic rings. The number of nitrogens with one attached hydrogen (secondary N) is 6. The zero-order chi connectivity index (χ0) is 62.2. The molecule has 0 fully saturated rings. The third-order valence-electron chi connectivity index (χ3n) is 15.1. The quantitative estimate of drug-likeness (QED) is 0.0294. The van der Waals surface area contributed by atoms with Crippen molar-refractivity contribution in [3.05, 3.63) is 70.8 Å². The van der Waals surface area contributed by atoms with Gasteiger partial charge in [-0.3, -0.25) is 28.8 Å². The Morgan fingerprint density at radius 2 is 0.558 bits per heavy atom. The van der Waals surface area contributed by atoms with Crippen molar-refractivity contribution in [1.82, 2.24) is 21.3 Å². The Morgan fingerprint density at radius 1 is 0.291 bits per heavy atom. The van der Waals surface area contributed by atoms with Gasteiger partial charge in [-0.1, -0.05) is 208 Å². The fraction of sp³-hybridized carbons (Fsp3) is 0.657. The van der Waals surface area contributed by atoms with Crippen LogP contribution in [0, 0.1) is 0 Å². The van der Waals surface area contributed by atoms with Crippen LogP contribution in [0.2, 0.25) is 0 Å². The first kappa shape index (κ1) is 73.9. The van der Waals surface area contributed by atoms with Gasteiger partial charge in [0.25, 0.3) is 23.6 Å². The Hall–Kier alpha value is -6.32. The molecule has 16 nitrogen and oxygen atoms in total. The van der Waals surface area contributed by atoms with E-state index < -0.39 is 36.7 Å². The lowest BCUT2D eigenvalue weighted by Crippen LogP contribution is -2.34. The zero-order valence-corrected chi connectivity index (χ0v) is 54.0. The van der Waals surface area contributed by atoms with E-state index in [0.29, 0.717) is 73.5 Å². The average molecular weight is 1200 g/mol. The molecule has 482 valence electrons. The van der Waals surface area contributed by atoms with Crippen molar-refractivity contribution >= 4 is 46.8 Å². The van der Waals surface area contributed by atoms with Crippen LogP contribution in [-0.2, 0) is 9.59 Å². The molecule has 6 N–H and O–H groups in total. The van der Waals surface area contributed by atoms with E-state index >= 15 is 0 Å². The molecule has 0 aromatic heterocycles. The molecule has 0 spiro atoms. The first-order chi connectivity index (χ1) is 42.0. The minimum Gasteiger partial charge on any atom is -0.493 e. The lowest BCUT2D eigenvalue weighted by molar-refractivity contribution is -0.116. The van der Waals surface area contributed by atoms with E-state index in [1.807, 2.05) is 0 Å². The summed E-state index contributed by atoms with van der Waals surface area (Å²) in [6, 6.07) is 12.9. The van der Waals surface area contributed by atoms with E-state index in [1.54, 1.807) is 42.5 Å². The molecule has 86 heavy (non-hydrogen) atoms. The van der Waals surface area contributed by atoms with Gasteiger partial charge in [0.1, 0.15) is 23.0 Å². The SMILES string of the molecule is CCCCCCCCOc1ccc(NC(=O)CNC(=O)c2cc(C(=O)NCC(=O)Nc3ccc(OCCCCCCCC)c(C(=O)NCCCCCC)c3)c(OCCCCCCCC)cc2OCCCCCCCC)cc1C(=O)NCCCCCC. The second-order valence-electron chi connectivity index (χ2n) is 22.8. The van der Waals surface area contributed by atoms with Crippen molar-refractivity contribution in [2.45, 2.75) is 247 Å². The summed E-state index contributed by atoms with van der Waals surface area (Å²) >= 11 is 0. The highest BCUT2D eigenvalue weighted by atomic mass is 16.5. The first-order valence-corrected chi connectivity index (χ1v) is 33.7. The van der Waals surface area contributed by atoms with Crippen molar-refractivity contribution in [3.63, 3.8) is 0 Å². The Bertz CT molecular complexity index is 2240. The molecule has 6 amide bonds. The third kappa shape index (κ3) is 31.9. The predicted molar refractivity (Wildman–Crippen MR) is 350 cm³/mol. The van der Waals surface area contributed by atoms with Crippen LogP contribution in [0.4, 0.5) is 11.4 Å². The normalized spacial score (nSPS) is 11.0. The fourth-order valence-corrected chi connectivity index (χ4v) is 9.85. The number of amides is 6. The highest BCUT2D eigenvalue weighted by Crippen LogP contribution is 2.32. The van der Waals surface area contributed by atoms with Gasteiger partial charge < -0.3 is 50.8 Å². The summed E-state index contributed by atoms with van der Waals surface area (Å²) < 4.78 is 24.9. The highest BCUT2D eigenvalue weighted by molar-refractivity contribution is 6.06. The molecule has 0 aliphatic carbocycles.